The quantitative estimate of drug-likeness (QED) is 0.900. The normalized spacial score (nSPS) is 10.4. The molecule has 0 saturated heterocycles. The molecule has 94 valence electrons. The Morgan fingerprint density at radius 3 is 2.72 bits per heavy atom. The van der Waals surface area contributed by atoms with Gasteiger partial charge in [-0.05, 0) is 31.7 Å². The SMILES string of the molecule is CNCc1cc(Oc2ccc(C)c(F)c2)ccn1. The average molecular weight is 246 g/mol. The number of rotatable bonds is 4. The smallest absolute Gasteiger partial charge is 0.130 e. The number of pyridine rings is 1. The van der Waals surface area contributed by atoms with Crippen molar-refractivity contribution >= 4 is 0 Å². The van der Waals surface area contributed by atoms with E-state index < -0.39 is 0 Å². The highest BCUT2D eigenvalue weighted by atomic mass is 19.1. The first-order valence-electron chi connectivity index (χ1n) is 5.72. The summed E-state index contributed by atoms with van der Waals surface area (Å²) in [7, 11) is 1.85. The summed E-state index contributed by atoms with van der Waals surface area (Å²) >= 11 is 0. The van der Waals surface area contributed by atoms with Crippen LogP contribution < -0.4 is 10.1 Å². The van der Waals surface area contributed by atoms with E-state index in [4.69, 9.17) is 4.74 Å². The number of ether oxygens (including phenoxy) is 1. The molecule has 0 spiro atoms. The predicted octanol–water partition coefficient (Wildman–Crippen LogP) is 3.04. The maximum Gasteiger partial charge on any atom is 0.130 e. The minimum atomic E-state index is -0.267. The predicted molar refractivity (Wildman–Crippen MR) is 68.2 cm³/mol. The van der Waals surface area contributed by atoms with Crippen molar-refractivity contribution in [1.29, 1.82) is 0 Å². The summed E-state index contributed by atoms with van der Waals surface area (Å²) in [6.07, 6.45) is 1.67. The van der Waals surface area contributed by atoms with Crippen molar-refractivity contribution in [3.63, 3.8) is 0 Å². The van der Waals surface area contributed by atoms with Crippen LogP contribution in [0.4, 0.5) is 4.39 Å². The Labute approximate surface area is 106 Å². The molecule has 0 aliphatic heterocycles. The third kappa shape index (κ3) is 3.05. The van der Waals surface area contributed by atoms with Crippen molar-refractivity contribution in [2.75, 3.05) is 7.05 Å². The number of halogens is 1. The van der Waals surface area contributed by atoms with E-state index in [1.54, 1.807) is 31.3 Å². The van der Waals surface area contributed by atoms with E-state index >= 15 is 0 Å². The lowest BCUT2D eigenvalue weighted by Gasteiger charge is -2.07. The van der Waals surface area contributed by atoms with Crippen molar-refractivity contribution in [1.82, 2.24) is 10.3 Å². The zero-order chi connectivity index (χ0) is 13.0. The molecule has 0 atom stereocenters. The second-order valence-corrected chi connectivity index (χ2v) is 4.03. The molecule has 0 fully saturated rings. The highest BCUT2D eigenvalue weighted by Gasteiger charge is 2.03. The van der Waals surface area contributed by atoms with Gasteiger partial charge in [0.25, 0.3) is 0 Å². The van der Waals surface area contributed by atoms with Crippen LogP contribution in [0.25, 0.3) is 0 Å². The first-order chi connectivity index (χ1) is 8.69. The maximum absolute atomic E-state index is 13.4. The zero-order valence-electron chi connectivity index (χ0n) is 10.4. The molecule has 1 heterocycles. The highest BCUT2D eigenvalue weighted by molar-refractivity contribution is 5.33. The van der Waals surface area contributed by atoms with E-state index in [1.807, 2.05) is 13.1 Å². The molecular weight excluding hydrogens is 231 g/mol. The molecule has 0 bridgehead atoms. The van der Waals surface area contributed by atoms with Crippen LogP contribution >= 0.6 is 0 Å². The van der Waals surface area contributed by atoms with Crippen molar-refractivity contribution in [3.05, 3.63) is 53.6 Å². The van der Waals surface area contributed by atoms with E-state index in [0.717, 1.165) is 5.69 Å². The summed E-state index contributed by atoms with van der Waals surface area (Å²) in [5, 5.41) is 3.01. The lowest BCUT2D eigenvalue weighted by Crippen LogP contribution is -2.06. The van der Waals surface area contributed by atoms with Gasteiger partial charge >= 0.3 is 0 Å². The summed E-state index contributed by atoms with van der Waals surface area (Å²) in [4.78, 5) is 4.19. The Morgan fingerprint density at radius 2 is 2.00 bits per heavy atom. The second kappa shape index (κ2) is 5.60. The van der Waals surface area contributed by atoms with E-state index in [0.29, 0.717) is 23.6 Å². The Morgan fingerprint density at radius 1 is 1.22 bits per heavy atom. The molecule has 18 heavy (non-hydrogen) atoms. The van der Waals surface area contributed by atoms with Crippen LogP contribution in [-0.2, 0) is 6.54 Å². The Bertz CT molecular complexity index is 543. The molecular formula is C14H15FN2O. The fourth-order valence-electron chi connectivity index (χ4n) is 1.57. The zero-order valence-corrected chi connectivity index (χ0v) is 10.4. The Hall–Kier alpha value is -1.94. The number of nitrogens with zero attached hydrogens (tertiary/aromatic N) is 1. The molecule has 0 aliphatic rings. The molecule has 0 radical (unpaired) electrons. The van der Waals surface area contributed by atoms with Crippen LogP contribution in [0.15, 0.2) is 36.5 Å². The van der Waals surface area contributed by atoms with E-state index in [-0.39, 0.29) is 5.82 Å². The molecule has 2 aromatic rings. The largest absolute Gasteiger partial charge is 0.457 e. The highest BCUT2D eigenvalue weighted by Crippen LogP contribution is 2.23. The van der Waals surface area contributed by atoms with Crippen LogP contribution in [0.5, 0.6) is 11.5 Å². The number of hydrogen-bond acceptors (Lipinski definition) is 3. The number of hydrogen-bond donors (Lipinski definition) is 1. The third-order valence-electron chi connectivity index (χ3n) is 2.52. The minimum Gasteiger partial charge on any atom is -0.457 e. The fourth-order valence-corrected chi connectivity index (χ4v) is 1.57. The monoisotopic (exact) mass is 246 g/mol. The number of aryl methyl sites for hydroxylation is 1. The third-order valence-corrected chi connectivity index (χ3v) is 2.52. The molecule has 2 rings (SSSR count). The van der Waals surface area contributed by atoms with Gasteiger partial charge in [0.05, 0.1) is 5.69 Å². The van der Waals surface area contributed by atoms with Crippen LogP contribution in [0.3, 0.4) is 0 Å². The van der Waals surface area contributed by atoms with E-state index in [1.165, 1.54) is 6.07 Å². The van der Waals surface area contributed by atoms with Crippen molar-refractivity contribution in [2.24, 2.45) is 0 Å². The van der Waals surface area contributed by atoms with Crippen molar-refractivity contribution in [2.45, 2.75) is 13.5 Å². The fraction of sp³-hybridized carbons (Fsp3) is 0.214. The Kier molecular flexibility index (Phi) is 3.89. The van der Waals surface area contributed by atoms with Gasteiger partial charge in [0.1, 0.15) is 17.3 Å². The second-order valence-electron chi connectivity index (χ2n) is 4.03. The molecule has 1 aromatic carbocycles. The minimum absolute atomic E-state index is 0.267. The van der Waals surface area contributed by atoms with Gasteiger partial charge in [-0.25, -0.2) is 4.39 Å². The summed E-state index contributed by atoms with van der Waals surface area (Å²) in [6, 6.07) is 8.40. The standard InChI is InChI=1S/C14H15FN2O/c1-10-3-4-12(8-14(10)15)18-13-5-6-17-11(7-13)9-16-2/h3-8,16H,9H2,1-2H3. The topological polar surface area (TPSA) is 34.1 Å². The van der Waals surface area contributed by atoms with Crippen molar-refractivity contribution < 1.29 is 9.13 Å². The van der Waals surface area contributed by atoms with E-state index in [9.17, 15) is 4.39 Å². The molecule has 0 unspecified atom stereocenters. The Balaban J connectivity index is 2.17. The number of nitrogens with one attached hydrogen (secondary N) is 1. The van der Waals surface area contributed by atoms with Gasteiger partial charge in [0.15, 0.2) is 0 Å². The molecule has 0 amide bonds. The van der Waals surface area contributed by atoms with Gasteiger partial charge < -0.3 is 10.1 Å². The maximum atomic E-state index is 13.4. The van der Waals surface area contributed by atoms with E-state index in [2.05, 4.69) is 10.3 Å². The van der Waals surface area contributed by atoms with Crippen LogP contribution in [0.1, 0.15) is 11.3 Å². The first kappa shape index (κ1) is 12.5. The summed E-state index contributed by atoms with van der Waals surface area (Å²) in [5.74, 6) is 0.871. The lowest BCUT2D eigenvalue weighted by molar-refractivity contribution is 0.474. The molecule has 1 aromatic heterocycles. The van der Waals surface area contributed by atoms with Gasteiger partial charge in [0.2, 0.25) is 0 Å². The summed E-state index contributed by atoms with van der Waals surface area (Å²) < 4.78 is 19.0. The number of benzene rings is 1. The summed E-state index contributed by atoms with van der Waals surface area (Å²) in [6.45, 7) is 2.38. The summed E-state index contributed by atoms with van der Waals surface area (Å²) in [5.41, 5.74) is 1.48. The average Bonchev–Trinajstić information content (AvgIpc) is 2.35. The lowest BCUT2D eigenvalue weighted by atomic mass is 10.2. The van der Waals surface area contributed by atoms with Gasteiger partial charge in [-0.3, -0.25) is 4.98 Å². The molecule has 4 heteroatoms. The van der Waals surface area contributed by atoms with Crippen molar-refractivity contribution in [3.8, 4) is 11.5 Å². The van der Waals surface area contributed by atoms with Gasteiger partial charge in [-0.1, -0.05) is 6.07 Å². The van der Waals surface area contributed by atoms with Crippen LogP contribution in [0, 0.1) is 12.7 Å². The number of aromatic nitrogens is 1. The van der Waals surface area contributed by atoms with Gasteiger partial charge in [-0.15, -0.1) is 0 Å². The van der Waals surface area contributed by atoms with Gasteiger partial charge in [0, 0.05) is 24.9 Å². The van der Waals surface area contributed by atoms with Gasteiger partial charge in [-0.2, -0.15) is 0 Å². The molecule has 0 saturated carbocycles. The molecule has 1 N–H and O–H groups in total. The van der Waals surface area contributed by atoms with Crippen LogP contribution in [0.2, 0.25) is 0 Å². The molecule has 0 aliphatic carbocycles. The first-order valence-corrected chi connectivity index (χ1v) is 5.72. The van der Waals surface area contributed by atoms with Crippen LogP contribution in [-0.4, -0.2) is 12.0 Å². The molecule has 3 nitrogen and oxygen atoms in total.